The minimum absolute atomic E-state index is 0.493. The van der Waals surface area contributed by atoms with Crippen LogP contribution in [0.1, 0.15) is 0 Å². The highest BCUT2D eigenvalue weighted by atomic mass is 16.5. The van der Waals surface area contributed by atoms with Crippen molar-refractivity contribution < 1.29 is 4.74 Å². The molecule has 0 saturated carbocycles. The number of nitrogens with two attached hydrogens (primary N) is 1. The topological polar surface area (TPSA) is 101 Å². The first-order valence-corrected chi connectivity index (χ1v) is 9.06. The van der Waals surface area contributed by atoms with Gasteiger partial charge in [0.1, 0.15) is 12.0 Å². The van der Waals surface area contributed by atoms with E-state index >= 15 is 0 Å². The van der Waals surface area contributed by atoms with Crippen molar-refractivity contribution in [2.45, 2.75) is 0 Å². The fraction of sp³-hybridized carbons (Fsp3) is 0.316. The van der Waals surface area contributed by atoms with E-state index in [9.17, 15) is 0 Å². The molecule has 3 aromatic rings. The molecule has 1 fully saturated rings. The highest BCUT2D eigenvalue weighted by Crippen LogP contribution is 2.28. The molecule has 8 nitrogen and oxygen atoms in total. The lowest BCUT2D eigenvalue weighted by molar-refractivity contribution is 0.0398. The van der Waals surface area contributed by atoms with Crippen LogP contribution in [0, 0.1) is 0 Å². The monoisotopic (exact) mass is 365 g/mol. The second kappa shape index (κ2) is 8.15. The maximum absolute atomic E-state index is 6.29. The Bertz CT molecular complexity index is 906. The lowest BCUT2D eigenvalue weighted by atomic mass is 10.2. The van der Waals surface area contributed by atoms with Crippen LogP contribution in [0.15, 0.2) is 42.9 Å². The average molecular weight is 365 g/mol. The first-order chi connectivity index (χ1) is 13.3. The molecule has 0 atom stereocenters. The minimum atomic E-state index is 0.493. The molecule has 0 unspecified atom stereocenters. The molecule has 1 saturated heterocycles. The van der Waals surface area contributed by atoms with E-state index in [0.29, 0.717) is 17.3 Å². The Hall–Kier alpha value is -2.97. The van der Waals surface area contributed by atoms with E-state index in [1.807, 2.05) is 30.3 Å². The molecule has 0 spiro atoms. The highest BCUT2D eigenvalue weighted by molar-refractivity contribution is 5.93. The maximum Gasteiger partial charge on any atom is 0.159 e. The van der Waals surface area contributed by atoms with Gasteiger partial charge in [-0.25, -0.2) is 9.97 Å². The summed E-state index contributed by atoms with van der Waals surface area (Å²) < 4.78 is 5.37. The molecular weight excluding hydrogens is 342 g/mol. The number of fused-ring (bicyclic) bond motifs is 1. The van der Waals surface area contributed by atoms with Gasteiger partial charge < -0.3 is 21.1 Å². The number of nitrogen functional groups attached to an aromatic ring is 1. The van der Waals surface area contributed by atoms with E-state index in [1.54, 1.807) is 6.20 Å². The number of para-hydroxylation sites is 1. The zero-order valence-corrected chi connectivity index (χ0v) is 15.1. The van der Waals surface area contributed by atoms with Crippen molar-refractivity contribution in [1.82, 2.24) is 19.9 Å². The summed E-state index contributed by atoms with van der Waals surface area (Å²) in [5, 5.41) is 7.65. The predicted octanol–water partition coefficient (Wildman–Crippen LogP) is 2.09. The van der Waals surface area contributed by atoms with Crippen LogP contribution in [-0.2, 0) is 4.74 Å². The van der Waals surface area contributed by atoms with Crippen molar-refractivity contribution in [3.63, 3.8) is 0 Å². The van der Waals surface area contributed by atoms with Gasteiger partial charge in [-0.3, -0.25) is 9.88 Å². The van der Waals surface area contributed by atoms with Crippen molar-refractivity contribution in [3.8, 4) is 0 Å². The summed E-state index contributed by atoms with van der Waals surface area (Å²) in [5.41, 5.74) is 8.52. The number of anilines is 4. The van der Waals surface area contributed by atoms with E-state index in [0.717, 1.165) is 56.0 Å². The summed E-state index contributed by atoms with van der Waals surface area (Å²) in [6.45, 7) is 5.19. The van der Waals surface area contributed by atoms with Crippen LogP contribution in [0.25, 0.3) is 10.9 Å². The van der Waals surface area contributed by atoms with Crippen molar-refractivity contribution in [2.24, 2.45) is 0 Å². The van der Waals surface area contributed by atoms with Crippen molar-refractivity contribution in [2.75, 3.05) is 55.8 Å². The number of hydrogen-bond acceptors (Lipinski definition) is 8. The van der Waals surface area contributed by atoms with E-state index in [2.05, 4.69) is 30.5 Å². The van der Waals surface area contributed by atoms with Gasteiger partial charge in [0, 0.05) is 37.8 Å². The summed E-state index contributed by atoms with van der Waals surface area (Å²) in [6, 6.07) is 9.90. The largest absolute Gasteiger partial charge is 0.393 e. The second-order valence-electron chi connectivity index (χ2n) is 6.37. The first-order valence-electron chi connectivity index (χ1n) is 9.06. The second-order valence-corrected chi connectivity index (χ2v) is 6.37. The van der Waals surface area contributed by atoms with Gasteiger partial charge in [-0.15, -0.1) is 0 Å². The average Bonchev–Trinajstić information content (AvgIpc) is 2.72. The van der Waals surface area contributed by atoms with Gasteiger partial charge in [0.25, 0.3) is 0 Å². The third-order valence-electron chi connectivity index (χ3n) is 4.59. The van der Waals surface area contributed by atoms with E-state index in [-0.39, 0.29) is 0 Å². The molecule has 1 aromatic carbocycles. The SMILES string of the molecule is Nc1c(NCCN2CCOCC2)ncnc1Nc1cccc2cccnc12. The molecule has 27 heavy (non-hydrogen) atoms. The van der Waals surface area contributed by atoms with Crippen LogP contribution in [0.5, 0.6) is 0 Å². The standard InChI is InChI=1S/C19H23N7O/c20-16-18(22-7-8-26-9-11-27-12-10-26)23-13-24-19(16)25-15-5-1-3-14-4-2-6-21-17(14)15/h1-6,13H,7-12,20H2,(H2,22,23,24,25). The van der Waals surface area contributed by atoms with Crippen molar-refractivity contribution in [1.29, 1.82) is 0 Å². The lowest BCUT2D eigenvalue weighted by Crippen LogP contribution is -2.39. The summed E-state index contributed by atoms with van der Waals surface area (Å²) in [5.74, 6) is 1.20. The van der Waals surface area contributed by atoms with E-state index in [1.165, 1.54) is 6.33 Å². The number of pyridine rings is 1. The molecule has 4 N–H and O–H groups in total. The Morgan fingerprint density at radius 1 is 1.04 bits per heavy atom. The minimum Gasteiger partial charge on any atom is -0.393 e. The molecule has 3 heterocycles. The quantitative estimate of drug-likeness (QED) is 0.610. The van der Waals surface area contributed by atoms with Gasteiger partial charge in [-0.05, 0) is 12.1 Å². The smallest absolute Gasteiger partial charge is 0.159 e. The van der Waals surface area contributed by atoms with Crippen LogP contribution < -0.4 is 16.4 Å². The highest BCUT2D eigenvalue weighted by Gasteiger charge is 2.12. The molecule has 8 heteroatoms. The van der Waals surface area contributed by atoms with Crippen LogP contribution >= 0.6 is 0 Å². The lowest BCUT2D eigenvalue weighted by Gasteiger charge is -2.26. The Morgan fingerprint density at radius 2 is 1.85 bits per heavy atom. The fourth-order valence-electron chi connectivity index (χ4n) is 3.13. The number of hydrogen-bond donors (Lipinski definition) is 3. The zero-order valence-electron chi connectivity index (χ0n) is 15.1. The normalized spacial score (nSPS) is 15.0. The molecule has 1 aliphatic heterocycles. The van der Waals surface area contributed by atoms with Gasteiger partial charge >= 0.3 is 0 Å². The maximum atomic E-state index is 6.29. The number of nitrogens with zero attached hydrogens (tertiary/aromatic N) is 4. The summed E-state index contributed by atoms with van der Waals surface area (Å²) in [6.07, 6.45) is 3.28. The van der Waals surface area contributed by atoms with Gasteiger partial charge in [-0.1, -0.05) is 18.2 Å². The molecular formula is C19H23N7O. The summed E-state index contributed by atoms with van der Waals surface area (Å²) >= 11 is 0. The third-order valence-corrected chi connectivity index (χ3v) is 4.59. The Labute approximate surface area is 157 Å². The number of morpholine rings is 1. The van der Waals surface area contributed by atoms with Crippen molar-refractivity contribution in [3.05, 3.63) is 42.9 Å². The molecule has 140 valence electrons. The Balaban J connectivity index is 1.46. The molecule has 0 radical (unpaired) electrons. The fourth-order valence-corrected chi connectivity index (χ4v) is 3.13. The number of ether oxygens (including phenoxy) is 1. The van der Waals surface area contributed by atoms with E-state index < -0.39 is 0 Å². The molecule has 2 aromatic heterocycles. The molecule has 0 bridgehead atoms. The first kappa shape index (κ1) is 17.4. The number of rotatable bonds is 6. The third kappa shape index (κ3) is 4.07. The van der Waals surface area contributed by atoms with Gasteiger partial charge in [0.05, 0.1) is 24.4 Å². The molecule has 4 rings (SSSR count). The van der Waals surface area contributed by atoms with Gasteiger partial charge in [-0.2, -0.15) is 0 Å². The zero-order chi connectivity index (χ0) is 18.5. The predicted molar refractivity (Wildman–Crippen MR) is 107 cm³/mol. The summed E-state index contributed by atoms with van der Waals surface area (Å²) in [7, 11) is 0. The van der Waals surface area contributed by atoms with Crippen LogP contribution in [0.3, 0.4) is 0 Å². The number of aromatic nitrogens is 3. The Morgan fingerprint density at radius 3 is 2.74 bits per heavy atom. The number of nitrogens with one attached hydrogen (secondary N) is 2. The van der Waals surface area contributed by atoms with Crippen LogP contribution in [0.4, 0.5) is 23.0 Å². The molecule has 0 amide bonds. The number of benzene rings is 1. The van der Waals surface area contributed by atoms with E-state index in [4.69, 9.17) is 10.5 Å². The van der Waals surface area contributed by atoms with Crippen molar-refractivity contribution >= 4 is 33.9 Å². The van der Waals surface area contributed by atoms with Crippen LogP contribution in [-0.4, -0.2) is 59.2 Å². The molecule has 1 aliphatic rings. The van der Waals surface area contributed by atoms with Crippen LogP contribution in [0.2, 0.25) is 0 Å². The van der Waals surface area contributed by atoms with Gasteiger partial charge in [0.15, 0.2) is 11.6 Å². The molecule has 0 aliphatic carbocycles. The van der Waals surface area contributed by atoms with Gasteiger partial charge in [0.2, 0.25) is 0 Å². The Kier molecular flexibility index (Phi) is 5.27. The summed E-state index contributed by atoms with van der Waals surface area (Å²) in [4.78, 5) is 15.4.